The number of nitrogens with zero attached hydrogens (tertiary/aromatic N) is 1. The van der Waals surface area contributed by atoms with Gasteiger partial charge in [-0.05, 0) is 18.2 Å². The van der Waals surface area contributed by atoms with E-state index in [2.05, 4.69) is 4.99 Å². The number of para-hydroxylation sites is 1. The van der Waals surface area contributed by atoms with Gasteiger partial charge in [0.2, 0.25) is 0 Å². The normalized spacial score (nSPS) is 10.8. The van der Waals surface area contributed by atoms with Crippen molar-refractivity contribution in [1.82, 2.24) is 0 Å². The minimum atomic E-state index is 0.948. The lowest BCUT2D eigenvalue weighted by molar-refractivity contribution is 0.567. The summed E-state index contributed by atoms with van der Waals surface area (Å²) in [5, 5.41) is 0. The number of hydrogen-bond acceptors (Lipinski definition) is 2. The molecule has 0 saturated carbocycles. The summed E-state index contributed by atoms with van der Waals surface area (Å²) in [4.78, 5) is 4.26. The zero-order chi connectivity index (χ0) is 8.93. The molecule has 13 heavy (non-hydrogen) atoms. The lowest BCUT2D eigenvalue weighted by atomic mass is 10.3. The van der Waals surface area contributed by atoms with E-state index in [0.29, 0.717) is 0 Å². The number of rotatable bonds is 2. The first-order valence-corrected chi connectivity index (χ1v) is 4.06. The van der Waals surface area contributed by atoms with Crippen LogP contribution in [0.15, 0.2) is 58.3 Å². The molecule has 0 radical (unpaired) electrons. The Balaban J connectivity index is 2.15. The third-order valence-electron chi connectivity index (χ3n) is 1.66. The van der Waals surface area contributed by atoms with Gasteiger partial charge in [-0.3, -0.25) is 4.99 Å². The Morgan fingerprint density at radius 2 is 1.92 bits per heavy atom. The largest absolute Gasteiger partial charge is 0.472 e. The van der Waals surface area contributed by atoms with Crippen molar-refractivity contribution in [1.29, 1.82) is 0 Å². The fourth-order valence-electron chi connectivity index (χ4n) is 1.01. The maximum absolute atomic E-state index is 4.91. The van der Waals surface area contributed by atoms with Crippen molar-refractivity contribution < 1.29 is 4.42 Å². The molecule has 2 nitrogen and oxygen atoms in total. The van der Waals surface area contributed by atoms with Crippen LogP contribution in [0.3, 0.4) is 0 Å². The minimum Gasteiger partial charge on any atom is -0.472 e. The standard InChI is InChI=1S/C11H9NO/c1-2-4-11(5-3-1)12-8-10-6-7-13-9-10/h1-9H. The molecule has 1 aromatic heterocycles. The van der Waals surface area contributed by atoms with Gasteiger partial charge >= 0.3 is 0 Å². The summed E-state index contributed by atoms with van der Waals surface area (Å²) in [5.74, 6) is 0. The van der Waals surface area contributed by atoms with Gasteiger partial charge in [0.15, 0.2) is 0 Å². The first-order valence-electron chi connectivity index (χ1n) is 4.06. The van der Waals surface area contributed by atoms with Crippen LogP contribution in [-0.2, 0) is 0 Å². The second-order valence-electron chi connectivity index (χ2n) is 2.65. The molecule has 2 rings (SSSR count). The van der Waals surface area contributed by atoms with Crippen LogP contribution in [0.2, 0.25) is 0 Å². The average Bonchev–Trinajstić information content (AvgIpc) is 2.69. The summed E-state index contributed by atoms with van der Waals surface area (Å²) >= 11 is 0. The van der Waals surface area contributed by atoms with Crippen molar-refractivity contribution in [3.05, 3.63) is 54.5 Å². The first-order chi connectivity index (χ1) is 6.45. The molecule has 0 spiro atoms. The van der Waals surface area contributed by atoms with Gasteiger partial charge in [0.25, 0.3) is 0 Å². The van der Waals surface area contributed by atoms with E-state index < -0.39 is 0 Å². The maximum atomic E-state index is 4.91. The highest BCUT2D eigenvalue weighted by Gasteiger charge is 1.87. The second-order valence-corrected chi connectivity index (χ2v) is 2.65. The van der Waals surface area contributed by atoms with Gasteiger partial charge < -0.3 is 4.42 Å². The summed E-state index contributed by atoms with van der Waals surface area (Å²) in [7, 11) is 0. The summed E-state index contributed by atoms with van der Waals surface area (Å²) in [6.45, 7) is 0. The Labute approximate surface area is 76.5 Å². The number of aliphatic imine (C=N–C) groups is 1. The summed E-state index contributed by atoms with van der Waals surface area (Å²) in [6, 6.07) is 11.7. The molecular formula is C11H9NO. The van der Waals surface area contributed by atoms with E-state index >= 15 is 0 Å². The molecule has 0 fully saturated rings. The Morgan fingerprint density at radius 3 is 2.62 bits per heavy atom. The predicted octanol–water partition coefficient (Wildman–Crippen LogP) is 3.03. The van der Waals surface area contributed by atoms with Crippen molar-refractivity contribution in [2.45, 2.75) is 0 Å². The molecule has 64 valence electrons. The minimum absolute atomic E-state index is 0.948. The highest BCUT2D eigenvalue weighted by atomic mass is 16.3. The summed E-state index contributed by atoms with van der Waals surface area (Å²) in [6.07, 6.45) is 5.07. The van der Waals surface area contributed by atoms with Crippen molar-refractivity contribution in [3.8, 4) is 0 Å². The lowest BCUT2D eigenvalue weighted by Crippen LogP contribution is -1.72. The smallest absolute Gasteiger partial charge is 0.0990 e. The van der Waals surface area contributed by atoms with Crippen LogP contribution in [0.4, 0.5) is 5.69 Å². The van der Waals surface area contributed by atoms with Crippen LogP contribution < -0.4 is 0 Å². The number of furan rings is 1. The molecular weight excluding hydrogens is 162 g/mol. The molecule has 2 heteroatoms. The SMILES string of the molecule is C(=Nc1ccccc1)c1ccoc1. The molecule has 0 N–H and O–H groups in total. The third kappa shape index (κ3) is 2.06. The molecule has 0 aliphatic carbocycles. The predicted molar refractivity (Wildman–Crippen MR) is 52.4 cm³/mol. The number of benzene rings is 1. The van der Waals surface area contributed by atoms with Gasteiger partial charge in [-0.1, -0.05) is 18.2 Å². The molecule has 0 aliphatic rings. The van der Waals surface area contributed by atoms with Crippen LogP contribution in [0.1, 0.15) is 5.56 Å². The second kappa shape index (κ2) is 3.72. The first kappa shape index (κ1) is 7.80. The molecule has 1 aromatic carbocycles. The molecule has 0 saturated heterocycles. The van der Waals surface area contributed by atoms with Crippen molar-refractivity contribution >= 4 is 11.9 Å². The Kier molecular flexibility index (Phi) is 2.23. The van der Waals surface area contributed by atoms with Crippen molar-refractivity contribution in [3.63, 3.8) is 0 Å². The monoisotopic (exact) mass is 171 g/mol. The quantitative estimate of drug-likeness (QED) is 0.637. The molecule has 0 unspecified atom stereocenters. The summed E-state index contributed by atoms with van der Waals surface area (Å²) < 4.78 is 4.91. The highest BCUT2D eigenvalue weighted by Crippen LogP contribution is 2.09. The van der Waals surface area contributed by atoms with Gasteiger partial charge in [-0.2, -0.15) is 0 Å². The zero-order valence-electron chi connectivity index (χ0n) is 7.05. The molecule has 0 bridgehead atoms. The van der Waals surface area contributed by atoms with Crippen molar-refractivity contribution in [2.24, 2.45) is 4.99 Å². The Bertz CT molecular complexity index is 376. The molecule has 2 aromatic rings. The van der Waals surface area contributed by atoms with E-state index in [-0.39, 0.29) is 0 Å². The van der Waals surface area contributed by atoms with Gasteiger partial charge in [0.05, 0.1) is 18.2 Å². The number of hydrogen-bond donors (Lipinski definition) is 0. The lowest BCUT2D eigenvalue weighted by Gasteiger charge is -1.89. The van der Waals surface area contributed by atoms with Crippen LogP contribution >= 0.6 is 0 Å². The Morgan fingerprint density at radius 1 is 1.08 bits per heavy atom. The molecule has 0 amide bonds. The van der Waals surface area contributed by atoms with E-state index in [4.69, 9.17) is 4.42 Å². The summed E-state index contributed by atoms with van der Waals surface area (Å²) in [5.41, 5.74) is 1.92. The van der Waals surface area contributed by atoms with Crippen LogP contribution in [-0.4, -0.2) is 6.21 Å². The van der Waals surface area contributed by atoms with Gasteiger partial charge in [0.1, 0.15) is 0 Å². The van der Waals surface area contributed by atoms with Crippen molar-refractivity contribution in [2.75, 3.05) is 0 Å². The molecule has 0 aliphatic heterocycles. The maximum Gasteiger partial charge on any atom is 0.0990 e. The molecule has 1 heterocycles. The zero-order valence-corrected chi connectivity index (χ0v) is 7.05. The van der Waals surface area contributed by atoms with E-state index in [0.717, 1.165) is 11.3 Å². The highest BCUT2D eigenvalue weighted by molar-refractivity contribution is 5.81. The topological polar surface area (TPSA) is 25.5 Å². The third-order valence-corrected chi connectivity index (χ3v) is 1.66. The van der Waals surface area contributed by atoms with Gasteiger partial charge in [0, 0.05) is 11.8 Å². The fraction of sp³-hybridized carbons (Fsp3) is 0. The van der Waals surface area contributed by atoms with Crippen LogP contribution in [0.5, 0.6) is 0 Å². The van der Waals surface area contributed by atoms with E-state index in [1.807, 2.05) is 36.4 Å². The van der Waals surface area contributed by atoms with E-state index in [1.54, 1.807) is 18.7 Å². The van der Waals surface area contributed by atoms with E-state index in [9.17, 15) is 0 Å². The fourth-order valence-corrected chi connectivity index (χ4v) is 1.01. The van der Waals surface area contributed by atoms with Crippen LogP contribution in [0.25, 0.3) is 0 Å². The molecule has 0 atom stereocenters. The van der Waals surface area contributed by atoms with Crippen LogP contribution in [0, 0.1) is 0 Å². The van der Waals surface area contributed by atoms with E-state index in [1.165, 1.54) is 0 Å². The van der Waals surface area contributed by atoms with Gasteiger partial charge in [-0.25, -0.2) is 0 Å². The van der Waals surface area contributed by atoms with Gasteiger partial charge in [-0.15, -0.1) is 0 Å². The Hall–Kier alpha value is -1.83. The average molecular weight is 171 g/mol.